The van der Waals surface area contributed by atoms with Gasteiger partial charge in [-0.25, -0.2) is 0 Å². The second kappa shape index (κ2) is 8.49. The minimum absolute atomic E-state index is 0.371. The number of ether oxygens (including phenoxy) is 1. The predicted molar refractivity (Wildman–Crippen MR) is 86.5 cm³/mol. The molecular formula is C16H27NOS. The van der Waals surface area contributed by atoms with E-state index in [1.165, 1.54) is 28.9 Å². The van der Waals surface area contributed by atoms with Crippen LogP contribution in [-0.4, -0.2) is 25.2 Å². The van der Waals surface area contributed by atoms with E-state index >= 15 is 0 Å². The number of aryl methyl sites for hydroxylation is 1. The third-order valence-electron chi connectivity index (χ3n) is 3.37. The molecule has 0 spiro atoms. The summed E-state index contributed by atoms with van der Waals surface area (Å²) in [4.78, 5) is 0. The largest absolute Gasteiger partial charge is 0.496 e. The highest BCUT2D eigenvalue weighted by Crippen LogP contribution is 2.32. The summed E-state index contributed by atoms with van der Waals surface area (Å²) in [7, 11) is 1.77. The standard InChI is InChI=1S/C16H27NOS/c1-6-10-19-11-15(17-7-2)14-9-8-12(3)13(4)16(14)18-5/h8-9,15,17H,6-7,10-11H2,1-5H3. The van der Waals surface area contributed by atoms with Gasteiger partial charge in [0.2, 0.25) is 0 Å². The average Bonchev–Trinajstić information content (AvgIpc) is 2.41. The highest BCUT2D eigenvalue weighted by atomic mass is 32.2. The summed E-state index contributed by atoms with van der Waals surface area (Å²) in [6, 6.07) is 4.78. The quantitative estimate of drug-likeness (QED) is 0.725. The Morgan fingerprint density at radius 1 is 1.26 bits per heavy atom. The number of nitrogens with one attached hydrogen (secondary N) is 1. The maximum Gasteiger partial charge on any atom is 0.126 e. The lowest BCUT2D eigenvalue weighted by Crippen LogP contribution is -2.24. The number of rotatable bonds is 8. The van der Waals surface area contributed by atoms with Crippen LogP contribution in [0.1, 0.15) is 43.0 Å². The van der Waals surface area contributed by atoms with Crippen LogP contribution < -0.4 is 10.1 Å². The van der Waals surface area contributed by atoms with Crippen molar-refractivity contribution in [2.24, 2.45) is 0 Å². The van der Waals surface area contributed by atoms with E-state index in [1.807, 2.05) is 11.8 Å². The van der Waals surface area contributed by atoms with Gasteiger partial charge in [-0.3, -0.25) is 0 Å². The first-order valence-electron chi connectivity index (χ1n) is 7.10. The maximum absolute atomic E-state index is 5.64. The third-order valence-corrected chi connectivity index (χ3v) is 4.64. The number of thioether (sulfide) groups is 1. The van der Waals surface area contributed by atoms with Gasteiger partial charge in [0, 0.05) is 17.4 Å². The minimum atomic E-state index is 0.371. The summed E-state index contributed by atoms with van der Waals surface area (Å²) in [6.45, 7) is 9.64. The van der Waals surface area contributed by atoms with E-state index in [9.17, 15) is 0 Å². The van der Waals surface area contributed by atoms with Gasteiger partial charge in [-0.05, 0) is 43.7 Å². The fraction of sp³-hybridized carbons (Fsp3) is 0.625. The summed E-state index contributed by atoms with van der Waals surface area (Å²) < 4.78 is 5.64. The van der Waals surface area contributed by atoms with E-state index in [1.54, 1.807) is 7.11 Å². The molecule has 0 saturated heterocycles. The first-order valence-corrected chi connectivity index (χ1v) is 8.26. The molecule has 1 N–H and O–H groups in total. The Bertz CT molecular complexity index is 393. The SMILES string of the molecule is CCCSCC(NCC)c1ccc(C)c(C)c1OC. The van der Waals surface area contributed by atoms with Crippen LogP contribution in [-0.2, 0) is 0 Å². The summed E-state index contributed by atoms with van der Waals surface area (Å²) in [5, 5.41) is 3.58. The molecule has 3 heteroatoms. The predicted octanol–water partition coefficient (Wildman–Crippen LogP) is 4.11. The molecule has 1 rings (SSSR count). The molecule has 1 aromatic carbocycles. The van der Waals surface area contributed by atoms with Gasteiger partial charge in [-0.2, -0.15) is 11.8 Å². The topological polar surface area (TPSA) is 21.3 Å². The van der Waals surface area contributed by atoms with Gasteiger partial charge in [-0.15, -0.1) is 0 Å². The van der Waals surface area contributed by atoms with Crippen LogP contribution in [0.3, 0.4) is 0 Å². The van der Waals surface area contributed by atoms with E-state index in [0.29, 0.717) is 6.04 Å². The summed E-state index contributed by atoms with van der Waals surface area (Å²) in [5.41, 5.74) is 3.83. The van der Waals surface area contributed by atoms with Gasteiger partial charge < -0.3 is 10.1 Å². The molecule has 0 saturated carbocycles. The van der Waals surface area contributed by atoms with E-state index in [-0.39, 0.29) is 0 Å². The Hall–Kier alpha value is -0.670. The van der Waals surface area contributed by atoms with Crippen molar-refractivity contribution < 1.29 is 4.74 Å². The zero-order valence-corrected chi connectivity index (χ0v) is 13.7. The molecule has 108 valence electrons. The van der Waals surface area contributed by atoms with Crippen molar-refractivity contribution in [2.75, 3.05) is 25.2 Å². The van der Waals surface area contributed by atoms with E-state index in [4.69, 9.17) is 4.74 Å². The van der Waals surface area contributed by atoms with Crippen LogP contribution in [0.2, 0.25) is 0 Å². The fourth-order valence-corrected chi connectivity index (χ4v) is 3.20. The molecule has 0 aliphatic heterocycles. The lowest BCUT2D eigenvalue weighted by Gasteiger charge is -2.22. The van der Waals surface area contributed by atoms with Crippen LogP contribution >= 0.6 is 11.8 Å². The van der Waals surface area contributed by atoms with Gasteiger partial charge in [0.05, 0.1) is 7.11 Å². The van der Waals surface area contributed by atoms with Crippen molar-refractivity contribution in [1.82, 2.24) is 5.32 Å². The zero-order chi connectivity index (χ0) is 14.3. The lowest BCUT2D eigenvalue weighted by molar-refractivity contribution is 0.399. The molecule has 0 aromatic heterocycles. The van der Waals surface area contributed by atoms with Gasteiger partial charge in [0.1, 0.15) is 5.75 Å². The van der Waals surface area contributed by atoms with Crippen LogP contribution in [0, 0.1) is 13.8 Å². The van der Waals surface area contributed by atoms with Crippen LogP contribution in [0.15, 0.2) is 12.1 Å². The highest BCUT2D eigenvalue weighted by Gasteiger charge is 2.17. The molecule has 0 aliphatic carbocycles. The molecular weight excluding hydrogens is 254 g/mol. The number of hydrogen-bond acceptors (Lipinski definition) is 3. The smallest absolute Gasteiger partial charge is 0.126 e. The van der Waals surface area contributed by atoms with Crippen LogP contribution in [0.4, 0.5) is 0 Å². The van der Waals surface area contributed by atoms with E-state index in [2.05, 4.69) is 45.1 Å². The molecule has 0 radical (unpaired) electrons. The Morgan fingerprint density at radius 3 is 2.58 bits per heavy atom. The van der Waals surface area contributed by atoms with Gasteiger partial charge in [0.25, 0.3) is 0 Å². The molecule has 0 bridgehead atoms. The van der Waals surface area contributed by atoms with Crippen molar-refractivity contribution in [3.63, 3.8) is 0 Å². The molecule has 0 fully saturated rings. The lowest BCUT2D eigenvalue weighted by atomic mass is 10.00. The number of benzene rings is 1. The summed E-state index contributed by atoms with van der Waals surface area (Å²) in [5.74, 6) is 3.36. The molecule has 2 nitrogen and oxygen atoms in total. The Balaban J connectivity index is 2.97. The summed E-state index contributed by atoms with van der Waals surface area (Å²) in [6.07, 6.45) is 1.23. The van der Waals surface area contributed by atoms with Crippen molar-refractivity contribution >= 4 is 11.8 Å². The molecule has 1 aromatic rings. The van der Waals surface area contributed by atoms with Gasteiger partial charge in [-0.1, -0.05) is 26.0 Å². The normalized spacial score (nSPS) is 12.5. The first-order chi connectivity index (χ1) is 9.15. The van der Waals surface area contributed by atoms with Crippen molar-refractivity contribution in [1.29, 1.82) is 0 Å². The maximum atomic E-state index is 5.64. The minimum Gasteiger partial charge on any atom is -0.496 e. The van der Waals surface area contributed by atoms with Crippen molar-refractivity contribution in [3.05, 3.63) is 28.8 Å². The van der Waals surface area contributed by atoms with Crippen molar-refractivity contribution in [2.45, 2.75) is 40.2 Å². The molecule has 0 amide bonds. The second-order valence-electron chi connectivity index (χ2n) is 4.82. The van der Waals surface area contributed by atoms with Crippen LogP contribution in [0.25, 0.3) is 0 Å². The van der Waals surface area contributed by atoms with Crippen molar-refractivity contribution in [3.8, 4) is 5.75 Å². The second-order valence-corrected chi connectivity index (χ2v) is 5.96. The molecule has 1 unspecified atom stereocenters. The number of hydrogen-bond donors (Lipinski definition) is 1. The molecule has 1 atom stereocenters. The number of methoxy groups -OCH3 is 1. The molecule has 19 heavy (non-hydrogen) atoms. The Kier molecular flexibility index (Phi) is 7.32. The molecule has 0 heterocycles. The third kappa shape index (κ3) is 4.43. The fourth-order valence-electron chi connectivity index (χ4n) is 2.21. The Morgan fingerprint density at radius 2 is 2.00 bits per heavy atom. The first kappa shape index (κ1) is 16.4. The Labute approximate surface area is 122 Å². The van der Waals surface area contributed by atoms with Crippen LogP contribution in [0.5, 0.6) is 5.75 Å². The van der Waals surface area contributed by atoms with E-state index < -0.39 is 0 Å². The monoisotopic (exact) mass is 281 g/mol. The summed E-state index contributed by atoms with van der Waals surface area (Å²) >= 11 is 2.01. The average molecular weight is 281 g/mol. The highest BCUT2D eigenvalue weighted by molar-refractivity contribution is 7.99. The molecule has 0 aliphatic rings. The van der Waals surface area contributed by atoms with Gasteiger partial charge >= 0.3 is 0 Å². The van der Waals surface area contributed by atoms with Gasteiger partial charge in [0.15, 0.2) is 0 Å². The zero-order valence-electron chi connectivity index (χ0n) is 12.9. The van der Waals surface area contributed by atoms with E-state index in [0.717, 1.165) is 18.0 Å².